The number of pyridine rings is 1. The minimum absolute atomic E-state index is 0.0521. The normalized spacial score (nSPS) is 12.4. The third-order valence-electron chi connectivity index (χ3n) is 4.36. The van der Waals surface area contributed by atoms with E-state index in [0.717, 1.165) is 10.3 Å². The number of sulfonamides is 1. The molecule has 1 aromatic heterocycles. The van der Waals surface area contributed by atoms with E-state index in [9.17, 15) is 18.4 Å². The average molecular weight is 420 g/mol. The van der Waals surface area contributed by atoms with E-state index in [4.69, 9.17) is 11.6 Å². The van der Waals surface area contributed by atoms with Crippen LogP contribution in [0.4, 0.5) is 0 Å². The summed E-state index contributed by atoms with van der Waals surface area (Å²) in [5.41, 5.74) is 1.25. The maximum atomic E-state index is 12.9. The second-order valence-corrected chi connectivity index (χ2v) is 8.47. The molecule has 0 saturated heterocycles. The van der Waals surface area contributed by atoms with Crippen molar-refractivity contribution in [1.29, 1.82) is 0 Å². The highest BCUT2D eigenvalue weighted by molar-refractivity contribution is 7.89. The summed E-state index contributed by atoms with van der Waals surface area (Å²) in [5, 5.41) is 14.8. The number of rotatable bonds is 4. The molecule has 9 heteroatoms. The van der Waals surface area contributed by atoms with E-state index < -0.39 is 15.5 Å². The first-order valence-corrected chi connectivity index (χ1v) is 10.1. The summed E-state index contributed by atoms with van der Waals surface area (Å²) in [4.78, 5) is 15.1. The molecule has 3 rings (SSSR count). The first-order valence-electron chi connectivity index (χ1n) is 8.29. The molecule has 146 valence electrons. The molecule has 0 saturated carbocycles. The van der Waals surface area contributed by atoms with Crippen LogP contribution in [0.1, 0.15) is 23.7 Å². The van der Waals surface area contributed by atoms with Gasteiger partial charge in [-0.15, -0.1) is 0 Å². The predicted octanol–water partition coefficient (Wildman–Crippen LogP) is 3.21. The Morgan fingerprint density at radius 2 is 1.79 bits per heavy atom. The number of hydrazone groups is 1. The van der Waals surface area contributed by atoms with Gasteiger partial charge in [0.2, 0.25) is 0 Å². The third-order valence-corrected chi connectivity index (χ3v) is 5.82. The molecule has 0 aliphatic rings. The van der Waals surface area contributed by atoms with Gasteiger partial charge >= 0.3 is 0 Å². The number of hydrogen-bond donors (Lipinski definition) is 2. The number of hydrogen-bond acceptors (Lipinski definition) is 5. The average Bonchev–Trinajstić information content (AvgIpc) is 2.65. The van der Waals surface area contributed by atoms with E-state index in [1.165, 1.54) is 38.1 Å². The second kappa shape index (κ2) is 7.29. The van der Waals surface area contributed by atoms with Gasteiger partial charge in [-0.25, -0.2) is 0 Å². The van der Waals surface area contributed by atoms with Gasteiger partial charge in [0.15, 0.2) is 5.43 Å². The Kier molecular flexibility index (Phi) is 5.18. The molecular weight excluding hydrogens is 402 g/mol. The van der Waals surface area contributed by atoms with Crippen molar-refractivity contribution in [3.63, 3.8) is 0 Å². The highest BCUT2D eigenvalue weighted by Gasteiger charge is 2.18. The van der Waals surface area contributed by atoms with Gasteiger partial charge in [-0.05, 0) is 51.1 Å². The van der Waals surface area contributed by atoms with Gasteiger partial charge in [0.05, 0.1) is 32.8 Å². The van der Waals surface area contributed by atoms with Crippen molar-refractivity contribution in [2.24, 2.45) is 5.10 Å². The van der Waals surface area contributed by atoms with Crippen molar-refractivity contribution in [3.8, 4) is 0 Å². The Morgan fingerprint density at radius 1 is 1.14 bits per heavy atom. The van der Waals surface area contributed by atoms with Crippen molar-refractivity contribution in [2.45, 2.75) is 25.7 Å². The zero-order valence-electron chi connectivity index (χ0n) is 15.4. The number of nitrogens with one attached hydrogen (secondary N) is 1. The molecule has 0 unspecified atom stereocenters. The molecule has 0 radical (unpaired) electrons. The monoisotopic (exact) mass is 419 g/mol. The summed E-state index contributed by atoms with van der Waals surface area (Å²) in [6.07, 6.45) is 0. The van der Waals surface area contributed by atoms with Crippen LogP contribution in [0.3, 0.4) is 0 Å². The Morgan fingerprint density at radius 3 is 2.43 bits per heavy atom. The lowest BCUT2D eigenvalue weighted by molar-refractivity contribution is 0.191. The van der Waals surface area contributed by atoms with Crippen LogP contribution in [0, 0.1) is 13.8 Å². The highest BCUT2D eigenvalue weighted by atomic mass is 35.5. The van der Waals surface area contributed by atoms with Crippen molar-refractivity contribution in [3.05, 3.63) is 74.5 Å². The van der Waals surface area contributed by atoms with Gasteiger partial charge in [-0.2, -0.15) is 23.1 Å². The topological polar surface area (TPSA) is 101 Å². The van der Waals surface area contributed by atoms with E-state index in [-0.39, 0.29) is 27.3 Å². The molecule has 0 bridgehead atoms. The van der Waals surface area contributed by atoms with Gasteiger partial charge in [0.1, 0.15) is 0 Å². The number of aromatic nitrogens is 1. The molecule has 7 nitrogen and oxygen atoms in total. The molecule has 28 heavy (non-hydrogen) atoms. The van der Waals surface area contributed by atoms with Crippen LogP contribution in [-0.2, 0) is 10.0 Å². The fraction of sp³-hybridized carbons (Fsp3) is 0.158. The maximum absolute atomic E-state index is 12.9. The number of nitrogens with zero attached hydrogens (tertiary/aromatic N) is 2. The van der Waals surface area contributed by atoms with Crippen molar-refractivity contribution in [2.75, 3.05) is 0 Å². The lowest BCUT2D eigenvalue weighted by Gasteiger charge is -2.13. The largest absolute Gasteiger partial charge is 0.428 e. The standard InChI is InChI=1S/C19H18ClN3O4S/c1-11-4-7-15(8-5-11)28(26,27)22-21-12(2)18-13(3)23(25)17-9-6-14(20)10-16(17)19(18)24/h4-10,22,25H,1-3H3/b21-12-. The molecule has 0 amide bonds. The van der Waals surface area contributed by atoms with Crippen LogP contribution in [0.15, 0.2) is 57.3 Å². The van der Waals surface area contributed by atoms with Crippen LogP contribution in [0.2, 0.25) is 5.02 Å². The maximum Gasteiger partial charge on any atom is 0.276 e. The fourth-order valence-corrected chi connectivity index (χ4v) is 3.87. The van der Waals surface area contributed by atoms with Crippen molar-refractivity contribution < 1.29 is 13.6 Å². The van der Waals surface area contributed by atoms with Crippen LogP contribution in [-0.4, -0.2) is 24.1 Å². The highest BCUT2D eigenvalue weighted by Crippen LogP contribution is 2.19. The summed E-state index contributed by atoms with van der Waals surface area (Å²) >= 11 is 5.96. The molecule has 1 heterocycles. The van der Waals surface area contributed by atoms with Crippen LogP contribution in [0.25, 0.3) is 10.9 Å². The lowest BCUT2D eigenvalue weighted by atomic mass is 10.1. The van der Waals surface area contributed by atoms with E-state index >= 15 is 0 Å². The summed E-state index contributed by atoms with van der Waals surface area (Å²) in [7, 11) is -3.90. The number of fused-ring (bicyclic) bond motifs is 1. The zero-order valence-corrected chi connectivity index (χ0v) is 17.0. The molecule has 0 fully saturated rings. The van der Waals surface area contributed by atoms with Gasteiger partial charge in [-0.1, -0.05) is 29.3 Å². The fourth-order valence-electron chi connectivity index (χ4n) is 2.84. The lowest BCUT2D eigenvalue weighted by Crippen LogP contribution is -2.25. The van der Waals surface area contributed by atoms with Gasteiger partial charge in [0, 0.05) is 5.02 Å². The third kappa shape index (κ3) is 3.61. The molecule has 0 atom stereocenters. The van der Waals surface area contributed by atoms with E-state index in [0.29, 0.717) is 10.5 Å². The quantitative estimate of drug-likeness (QED) is 0.385. The number of benzene rings is 2. The first kappa shape index (κ1) is 19.9. The van der Waals surface area contributed by atoms with Crippen LogP contribution >= 0.6 is 11.6 Å². The predicted molar refractivity (Wildman–Crippen MR) is 109 cm³/mol. The Bertz CT molecular complexity index is 1260. The molecule has 0 aliphatic heterocycles. The minimum Gasteiger partial charge on any atom is -0.428 e. The molecule has 2 aromatic carbocycles. The summed E-state index contributed by atoms with van der Waals surface area (Å²) in [6, 6.07) is 10.8. The summed E-state index contributed by atoms with van der Waals surface area (Å²) < 4.78 is 25.7. The number of aryl methyl sites for hydroxylation is 1. The Labute approximate surface area is 166 Å². The summed E-state index contributed by atoms with van der Waals surface area (Å²) in [5.74, 6) is 0. The van der Waals surface area contributed by atoms with Crippen LogP contribution < -0.4 is 10.3 Å². The SMILES string of the molecule is C/C(=N/NS(=O)(=O)c1ccc(C)cc1)c1c(C)n(O)c2ccc(Cl)cc2c1=O. The molecule has 0 spiro atoms. The Hall–Kier alpha value is -2.84. The van der Waals surface area contributed by atoms with Crippen LogP contribution in [0.5, 0.6) is 0 Å². The van der Waals surface area contributed by atoms with Crippen molar-refractivity contribution in [1.82, 2.24) is 9.56 Å². The Balaban J connectivity index is 2.07. The molecule has 2 N–H and O–H groups in total. The van der Waals surface area contributed by atoms with Gasteiger partial charge in [0.25, 0.3) is 10.0 Å². The summed E-state index contributed by atoms with van der Waals surface area (Å²) in [6.45, 7) is 4.87. The van der Waals surface area contributed by atoms with E-state index in [1.54, 1.807) is 18.2 Å². The van der Waals surface area contributed by atoms with E-state index in [1.807, 2.05) is 6.92 Å². The molecule has 3 aromatic rings. The zero-order chi connectivity index (χ0) is 20.6. The smallest absolute Gasteiger partial charge is 0.276 e. The molecule has 0 aliphatic carbocycles. The molecular formula is C19H18ClN3O4S. The first-order chi connectivity index (χ1) is 13.1. The van der Waals surface area contributed by atoms with Gasteiger partial charge in [-0.3, -0.25) is 4.79 Å². The second-order valence-electron chi connectivity index (χ2n) is 6.37. The minimum atomic E-state index is -3.90. The van der Waals surface area contributed by atoms with Gasteiger partial charge < -0.3 is 5.21 Å². The van der Waals surface area contributed by atoms with Crippen molar-refractivity contribution >= 4 is 38.2 Å². The van der Waals surface area contributed by atoms with E-state index in [2.05, 4.69) is 9.93 Å². The number of halogens is 1.